The van der Waals surface area contributed by atoms with Gasteiger partial charge in [0.15, 0.2) is 0 Å². The molecule has 2 N–H and O–H groups in total. The van der Waals surface area contributed by atoms with Gasteiger partial charge in [0.25, 0.3) is 0 Å². The highest BCUT2D eigenvalue weighted by Crippen LogP contribution is 2.32. The Morgan fingerprint density at radius 3 is 2.24 bits per heavy atom. The van der Waals surface area contributed by atoms with E-state index in [1.165, 1.54) is 0 Å². The Morgan fingerprint density at radius 1 is 1.10 bits per heavy atom. The Morgan fingerprint density at radius 2 is 1.71 bits per heavy atom. The van der Waals surface area contributed by atoms with Crippen LogP contribution in [0.3, 0.4) is 0 Å². The Hall–Kier alpha value is -2.50. The number of hydrogen-bond donors (Lipinski definition) is 2. The number of nitrogens with one attached hydrogen (secondary N) is 1. The molecule has 0 bridgehead atoms. The van der Waals surface area contributed by atoms with Crippen molar-refractivity contribution < 1.29 is 23.1 Å². The van der Waals surface area contributed by atoms with E-state index in [9.17, 15) is 18.0 Å². The predicted octanol–water partition coefficient (Wildman–Crippen LogP) is 4.46. The van der Waals surface area contributed by atoms with Crippen LogP contribution in [0.15, 0.2) is 42.5 Å². The van der Waals surface area contributed by atoms with Gasteiger partial charge in [0.05, 0.1) is 16.8 Å². The van der Waals surface area contributed by atoms with Crippen LogP contribution in [0, 0.1) is 6.92 Å². The summed E-state index contributed by atoms with van der Waals surface area (Å²) in [5.74, 6) is -1.42. The van der Waals surface area contributed by atoms with Crippen molar-refractivity contribution in [2.75, 3.05) is 5.32 Å². The first kappa shape index (κ1) is 14.9. The van der Waals surface area contributed by atoms with Gasteiger partial charge in [-0.2, -0.15) is 13.2 Å². The molecule has 21 heavy (non-hydrogen) atoms. The molecule has 0 aliphatic rings. The minimum atomic E-state index is -4.58. The number of carboxylic acids is 1. The van der Waals surface area contributed by atoms with Gasteiger partial charge in [0.2, 0.25) is 0 Å². The van der Waals surface area contributed by atoms with Crippen LogP contribution >= 0.6 is 0 Å². The van der Waals surface area contributed by atoms with Gasteiger partial charge in [-0.15, -0.1) is 0 Å². The van der Waals surface area contributed by atoms with E-state index >= 15 is 0 Å². The van der Waals surface area contributed by atoms with Crippen molar-refractivity contribution in [2.45, 2.75) is 13.1 Å². The summed E-state index contributed by atoms with van der Waals surface area (Å²) in [6.45, 7) is 1.89. The maximum Gasteiger partial charge on any atom is 0.416 e. The largest absolute Gasteiger partial charge is 0.478 e. The van der Waals surface area contributed by atoms with Crippen molar-refractivity contribution in [3.63, 3.8) is 0 Å². The number of aryl methyl sites for hydroxylation is 1. The summed E-state index contributed by atoms with van der Waals surface area (Å²) in [6.07, 6.45) is -4.58. The van der Waals surface area contributed by atoms with Crippen LogP contribution in [0.4, 0.5) is 24.5 Å². The molecule has 3 nitrogen and oxygen atoms in total. The van der Waals surface area contributed by atoms with E-state index in [1.54, 1.807) is 12.1 Å². The molecule has 0 atom stereocenters. The number of anilines is 2. The Labute approximate surface area is 119 Å². The third-order valence-electron chi connectivity index (χ3n) is 2.91. The molecule has 2 rings (SSSR count). The quantitative estimate of drug-likeness (QED) is 0.879. The van der Waals surface area contributed by atoms with Crippen LogP contribution in [0.2, 0.25) is 0 Å². The number of rotatable bonds is 3. The average Bonchev–Trinajstić information content (AvgIpc) is 2.40. The Bertz CT molecular complexity index is 664. The molecule has 0 saturated heterocycles. The van der Waals surface area contributed by atoms with E-state index in [0.29, 0.717) is 11.8 Å². The van der Waals surface area contributed by atoms with Gasteiger partial charge in [-0.3, -0.25) is 0 Å². The highest BCUT2D eigenvalue weighted by Gasteiger charge is 2.31. The van der Waals surface area contributed by atoms with E-state index in [1.807, 2.05) is 19.1 Å². The number of halogens is 3. The van der Waals surface area contributed by atoms with E-state index < -0.39 is 23.3 Å². The number of carboxylic acid groups (broad SMARTS) is 1. The lowest BCUT2D eigenvalue weighted by molar-refractivity contribution is -0.137. The lowest BCUT2D eigenvalue weighted by atomic mass is 10.1. The second kappa shape index (κ2) is 5.47. The molecule has 0 radical (unpaired) electrons. The van der Waals surface area contributed by atoms with Crippen molar-refractivity contribution in [3.05, 3.63) is 59.2 Å². The topological polar surface area (TPSA) is 49.3 Å². The smallest absolute Gasteiger partial charge is 0.416 e. The summed E-state index contributed by atoms with van der Waals surface area (Å²) < 4.78 is 37.9. The highest BCUT2D eigenvalue weighted by atomic mass is 19.4. The second-order valence-electron chi connectivity index (χ2n) is 4.55. The molecule has 2 aromatic carbocycles. The van der Waals surface area contributed by atoms with Gasteiger partial charge < -0.3 is 10.4 Å². The van der Waals surface area contributed by atoms with Gasteiger partial charge in [0.1, 0.15) is 0 Å². The summed E-state index contributed by atoms with van der Waals surface area (Å²) in [4.78, 5) is 11.1. The maximum atomic E-state index is 12.6. The zero-order chi connectivity index (χ0) is 15.6. The van der Waals surface area contributed by atoms with Gasteiger partial charge >= 0.3 is 12.1 Å². The van der Waals surface area contributed by atoms with Crippen molar-refractivity contribution >= 4 is 17.3 Å². The average molecular weight is 295 g/mol. The molecular formula is C15H12F3NO2. The van der Waals surface area contributed by atoms with Crippen molar-refractivity contribution in [1.82, 2.24) is 0 Å². The fourth-order valence-corrected chi connectivity index (χ4v) is 1.80. The van der Waals surface area contributed by atoms with E-state index in [0.717, 1.165) is 17.7 Å². The molecule has 0 fully saturated rings. The lowest BCUT2D eigenvalue weighted by Crippen LogP contribution is -2.09. The first-order chi connectivity index (χ1) is 9.77. The molecule has 0 aliphatic carbocycles. The Kier molecular flexibility index (Phi) is 3.88. The second-order valence-corrected chi connectivity index (χ2v) is 4.55. The van der Waals surface area contributed by atoms with E-state index in [2.05, 4.69) is 5.32 Å². The van der Waals surface area contributed by atoms with Gasteiger partial charge in [-0.05, 0) is 37.3 Å². The monoisotopic (exact) mass is 295 g/mol. The molecule has 0 heterocycles. The van der Waals surface area contributed by atoms with Crippen LogP contribution < -0.4 is 5.32 Å². The summed E-state index contributed by atoms with van der Waals surface area (Å²) in [5, 5.41) is 11.9. The number of aromatic carboxylic acids is 1. The first-order valence-electron chi connectivity index (χ1n) is 6.05. The number of hydrogen-bond acceptors (Lipinski definition) is 2. The molecule has 0 saturated carbocycles. The molecular weight excluding hydrogens is 283 g/mol. The van der Waals surface area contributed by atoms with Crippen LogP contribution in [-0.2, 0) is 6.18 Å². The fraction of sp³-hybridized carbons (Fsp3) is 0.133. The first-order valence-corrected chi connectivity index (χ1v) is 6.05. The zero-order valence-electron chi connectivity index (χ0n) is 11.0. The van der Waals surface area contributed by atoms with Gasteiger partial charge in [0, 0.05) is 5.69 Å². The molecule has 0 spiro atoms. The normalized spacial score (nSPS) is 11.2. The molecule has 110 valence electrons. The minimum Gasteiger partial charge on any atom is -0.478 e. The van der Waals surface area contributed by atoms with Crippen molar-refractivity contribution in [1.29, 1.82) is 0 Å². The molecule has 0 aliphatic heterocycles. The number of benzene rings is 2. The third kappa shape index (κ3) is 3.53. The molecule has 6 heteroatoms. The summed E-state index contributed by atoms with van der Waals surface area (Å²) >= 11 is 0. The SMILES string of the molecule is Cc1ccc(Nc2ccc(C(F)(F)F)cc2C(=O)O)cc1. The van der Waals surface area contributed by atoms with Crippen LogP contribution in [0.25, 0.3) is 0 Å². The molecule has 0 aromatic heterocycles. The molecule has 2 aromatic rings. The van der Waals surface area contributed by atoms with Gasteiger partial charge in [-0.25, -0.2) is 4.79 Å². The van der Waals surface area contributed by atoms with E-state index in [4.69, 9.17) is 5.11 Å². The van der Waals surface area contributed by atoms with Gasteiger partial charge in [-0.1, -0.05) is 17.7 Å². The van der Waals surface area contributed by atoms with E-state index in [-0.39, 0.29) is 5.69 Å². The summed E-state index contributed by atoms with van der Waals surface area (Å²) in [5.41, 5.74) is 0.313. The van der Waals surface area contributed by atoms with Crippen molar-refractivity contribution in [2.24, 2.45) is 0 Å². The third-order valence-corrected chi connectivity index (χ3v) is 2.91. The van der Waals surface area contributed by atoms with Crippen molar-refractivity contribution in [3.8, 4) is 0 Å². The maximum absolute atomic E-state index is 12.6. The standard InChI is InChI=1S/C15H12F3NO2/c1-9-2-5-11(6-3-9)19-13-7-4-10(15(16,17)18)8-12(13)14(20)21/h2-8,19H,1H3,(H,20,21). The lowest BCUT2D eigenvalue weighted by Gasteiger charge is -2.13. The number of alkyl halides is 3. The minimum absolute atomic E-state index is 0.111. The fourth-order valence-electron chi connectivity index (χ4n) is 1.80. The Balaban J connectivity index is 2.39. The van der Waals surface area contributed by atoms with Crippen LogP contribution in [0.5, 0.6) is 0 Å². The summed E-state index contributed by atoms with van der Waals surface area (Å²) in [7, 11) is 0. The van der Waals surface area contributed by atoms with Crippen LogP contribution in [-0.4, -0.2) is 11.1 Å². The molecule has 0 amide bonds. The predicted molar refractivity (Wildman–Crippen MR) is 72.9 cm³/mol. The number of carbonyl (C=O) groups is 1. The molecule has 0 unspecified atom stereocenters. The highest BCUT2D eigenvalue weighted by molar-refractivity contribution is 5.95. The zero-order valence-corrected chi connectivity index (χ0v) is 11.0. The van der Waals surface area contributed by atoms with Crippen LogP contribution in [0.1, 0.15) is 21.5 Å². The summed E-state index contributed by atoms with van der Waals surface area (Å²) in [6, 6.07) is 9.66.